The van der Waals surface area contributed by atoms with Crippen molar-refractivity contribution in [2.24, 2.45) is 5.16 Å². The van der Waals surface area contributed by atoms with Crippen molar-refractivity contribution in [3.63, 3.8) is 0 Å². The number of aromatic nitrogens is 2. The average molecular weight is 433 g/mol. The maximum Gasteiger partial charge on any atom is 0.257 e. The Morgan fingerprint density at radius 1 is 0.938 bits per heavy atom. The SMILES string of the molecule is COc1ccc(/C=N/OCc2nnc(-c3ccc(F)cc3)o2)cc1OCc1ccccc1. The first-order valence-electron chi connectivity index (χ1n) is 9.79. The van der Waals surface area contributed by atoms with Crippen molar-refractivity contribution in [2.45, 2.75) is 13.2 Å². The minimum absolute atomic E-state index is 0.00177. The van der Waals surface area contributed by atoms with Gasteiger partial charge in [0, 0.05) is 11.1 Å². The Balaban J connectivity index is 1.34. The number of rotatable bonds is 9. The summed E-state index contributed by atoms with van der Waals surface area (Å²) in [5.74, 6) is 1.42. The van der Waals surface area contributed by atoms with Gasteiger partial charge in [0.15, 0.2) is 18.1 Å². The zero-order chi connectivity index (χ0) is 22.2. The Morgan fingerprint density at radius 2 is 1.75 bits per heavy atom. The largest absolute Gasteiger partial charge is 0.493 e. The minimum Gasteiger partial charge on any atom is -0.493 e. The van der Waals surface area contributed by atoms with Gasteiger partial charge in [-0.15, -0.1) is 10.2 Å². The van der Waals surface area contributed by atoms with Crippen molar-refractivity contribution in [1.29, 1.82) is 0 Å². The molecule has 0 radical (unpaired) electrons. The number of nitrogens with zero attached hydrogens (tertiary/aromatic N) is 3. The van der Waals surface area contributed by atoms with E-state index in [2.05, 4.69) is 15.4 Å². The molecule has 4 aromatic rings. The third kappa shape index (κ3) is 5.48. The van der Waals surface area contributed by atoms with Crippen LogP contribution in [-0.4, -0.2) is 23.5 Å². The Bertz CT molecular complexity index is 1180. The fourth-order valence-electron chi connectivity index (χ4n) is 2.83. The molecule has 1 heterocycles. The zero-order valence-corrected chi connectivity index (χ0v) is 17.3. The van der Waals surface area contributed by atoms with Crippen LogP contribution in [0, 0.1) is 5.82 Å². The highest BCUT2D eigenvalue weighted by molar-refractivity contribution is 5.80. The van der Waals surface area contributed by atoms with E-state index in [4.69, 9.17) is 18.7 Å². The predicted molar refractivity (Wildman–Crippen MR) is 116 cm³/mol. The highest BCUT2D eigenvalue weighted by atomic mass is 19.1. The summed E-state index contributed by atoms with van der Waals surface area (Å²) < 4.78 is 29.8. The first-order chi connectivity index (χ1) is 15.7. The molecule has 32 heavy (non-hydrogen) atoms. The fraction of sp³-hybridized carbons (Fsp3) is 0.125. The summed E-state index contributed by atoms with van der Waals surface area (Å²) in [5, 5.41) is 11.8. The van der Waals surface area contributed by atoms with Crippen molar-refractivity contribution >= 4 is 6.21 Å². The van der Waals surface area contributed by atoms with Gasteiger partial charge in [0.25, 0.3) is 5.89 Å². The standard InChI is InChI=1S/C24H20FN3O4/c1-29-21-12-7-18(13-22(21)30-15-17-5-3-2-4-6-17)14-26-31-16-23-27-28-24(32-23)19-8-10-20(25)11-9-19/h2-14H,15-16H2,1H3/b26-14+. The van der Waals surface area contributed by atoms with Crippen LogP contribution < -0.4 is 9.47 Å². The number of ether oxygens (including phenoxy) is 2. The first-order valence-corrected chi connectivity index (χ1v) is 9.79. The number of methoxy groups -OCH3 is 1. The molecular weight excluding hydrogens is 413 g/mol. The molecule has 8 heteroatoms. The third-order valence-electron chi connectivity index (χ3n) is 4.45. The molecule has 0 bridgehead atoms. The normalized spacial score (nSPS) is 10.9. The monoisotopic (exact) mass is 433 g/mol. The third-order valence-corrected chi connectivity index (χ3v) is 4.45. The Morgan fingerprint density at radius 3 is 2.53 bits per heavy atom. The van der Waals surface area contributed by atoms with E-state index in [1.165, 1.54) is 12.1 Å². The van der Waals surface area contributed by atoms with Crippen molar-refractivity contribution < 1.29 is 23.1 Å². The van der Waals surface area contributed by atoms with Crippen molar-refractivity contribution in [1.82, 2.24) is 10.2 Å². The second-order valence-electron chi connectivity index (χ2n) is 6.70. The van der Waals surface area contributed by atoms with E-state index in [0.717, 1.165) is 11.1 Å². The summed E-state index contributed by atoms with van der Waals surface area (Å²) in [6.45, 7) is 0.417. The van der Waals surface area contributed by atoms with Crippen molar-refractivity contribution in [3.8, 4) is 23.0 Å². The maximum atomic E-state index is 13.0. The summed E-state index contributed by atoms with van der Waals surface area (Å²) in [7, 11) is 1.59. The Labute approximate surface area is 184 Å². The van der Waals surface area contributed by atoms with Crippen molar-refractivity contribution in [2.75, 3.05) is 7.11 Å². The fourth-order valence-corrected chi connectivity index (χ4v) is 2.83. The number of benzene rings is 3. The van der Waals surface area contributed by atoms with Gasteiger partial charge in [-0.05, 0) is 48.0 Å². The first kappa shape index (κ1) is 21.0. The zero-order valence-electron chi connectivity index (χ0n) is 17.3. The van der Waals surface area contributed by atoms with Crippen LogP contribution in [0.2, 0.25) is 0 Å². The topological polar surface area (TPSA) is 79.0 Å². The van der Waals surface area contributed by atoms with Crippen LogP contribution in [0.5, 0.6) is 11.5 Å². The molecule has 0 saturated heterocycles. The molecule has 0 aliphatic rings. The lowest BCUT2D eigenvalue weighted by Gasteiger charge is -2.11. The summed E-state index contributed by atoms with van der Waals surface area (Å²) in [6.07, 6.45) is 1.55. The molecule has 3 aromatic carbocycles. The molecule has 0 aliphatic carbocycles. The van der Waals surface area contributed by atoms with Gasteiger partial charge in [0.2, 0.25) is 5.89 Å². The molecule has 0 N–H and O–H groups in total. The molecule has 0 aliphatic heterocycles. The highest BCUT2D eigenvalue weighted by Crippen LogP contribution is 2.28. The van der Waals surface area contributed by atoms with E-state index < -0.39 is 0 Å². The minimum atomic E-state index is -0.335. The molecule has 0 unspecified atom stereocenters. The highest BCUT2D eigenvalue weighted by Gasteiger charge is 2.09. The van der Waals surface area contributed by atoms with E-state index in [9.17, 15) is 4.39 Å². The molecule has 4 rings (SSSR count). The molecule has 0 amide bonds. The van der Waals surface area contributed by atoms with E-state index in [-0.39, 0.29) is 24.2 Å². The summed E-state index contributed by atoms with van der Waals surface area (Å²) in [4.78, 5) is 5.26. The number of oxime groups is 1. The van der Waals surface area contributed by atoms with Gasteiger partial charge < -0.3 is 18.7 Å². The second kappa shape index (κ2) is 10.2. The van der Waals surface area contributed by atoms with Gasteiger partial charge >= 0.3 is 0 Å². The van der Waals surface area contributed by atoms with Gasteiger partial charge in [-0.2, -0.15) is 0 Å². The lowest BCUT2D eigenvalue weighted by molar-refractivity contribution is 0.112. The van der Waals surface area contributed by atoms with E-state index in [0.29, 0.717) is 23.7 Å². The maximum absolute atomic E-state index is 13.0. The van der Waals surface area contributed by atoms with Gasteiger partial charge in [-0.3, -0.25) is 0 Å². The molecule has 0 spiro atoms. The van der Waals surface area contributed by atoms with E-state index in [1.54, 1.807) is 31.5 Å². The average Bonchev–Trinajstić information content (AvgIpc) is 3.30. The molecule has 0 saturated carbocycles. The molecule has 7 nitrogen and oxygen atoms in total. The van der Waals surface area contributed by atoms with Crippen LogP contribution in [0.3, 0.4) is 0 Å². The summed E-state index contributed by atoms with van der Waals surface area (Å²) >= 11 is 0. The smallest absolute Gasteiger partial charge is 0.257 e. The van der Waals surface area contributed by atoms with Gasteiger partial charge in [0.05, 0.1) is 13.3 Å². The summed E-state index contributed by atoms with van der Waals surface area (Å²) in [6, 6.07) is 21.1. The second-order valence-corrected chi connectivity index (χ2v) is 6.70. The summed E-state index contributed by atoms with van der Waals surface area (Å²) in [5.41, 5.74) is 2.44. The van der Waals surface area contributed by atoms with E-state index in [1.807, 2.05) is 42.5 Å². The van der Waals surface area contributed by atoms with Crippen LogP contribution in [0.25, 0.3) is 11.5 Å². The number of hydrogen-bond donors (Lipinski definition) is 0. The van der Waals surface area contributed by atoms with Crippen LogP contribution in [0.1, 0.15) is 17.0 Å². The molecule has 162 valence electrons. The molecular formula is C24H20FN3O4. The lowest BCUT2D eigenvalue weighted by atomic mass is 10.2. The Kier molecular flexibility index (Phi) is 6.72. The predicted octanol–water partition coefficient (Wildman–Crippen LogP) is 5.01. The van der Waals surface area contributed by atoms with Crippen LogP contribution in [0.4, 0.5) is 4.39 Å². The van der Waals surface area contributed by atoms with Crippen molar-refractivity contribution in [3.05, 3.63) is 95.6 Å². The van der Waals surface area contributed by atoms with Crippen LogP contribution in [-0.2, 0) is 18.1 Å². The molecule has 0 atom stereocenters. The quantitative estimate of drug-likeness (QED) is 0.273. The van der Waals surface area contributed by atoms with Gasteiger partial charge in [-0.1, -0.05) is 35.5 Å². The molecule has 0 fully saturated rings. The van der Waals surface area contributed by atoms with Crippen LogP contribution in [0.15, 0.2) is 82.4 Å². The lowest BCUT2D eigenvalue weighted by Crippen LogP contribution is -1.98. The van der Waals surface area contributed by atoms with E-state index >= 15 is 0 Å². The van der Waals surface area contributed by atoms with Gasteiger partial charge in [-0.25, -0.2) is 4.39 Å². The number of hydrogen-bond acceptors (Lipinski definition) is 7. The van der Waals surface area contributed by atoms with Crippen LogP contribution >= 0.6 is 0 Å². The molecule has 1 aromatic heterocycles. The number of halogens is 1. The Hall–Kier alpha value is -4.20. The van der Waals surface area contributed by atoms with Gasteiger partial charge in [0.1, 0.15) is 12.4 Å².